The van der Waals surface area contributed by atoms with Gasteiger partial charge in [0.1, 0.15) is 11.4 Å². The van der Waals surface area contributed by atoms with Crippen molar-refractivity contribution in [2.24, 2.45) is 0 Å². The molecule has 2 rings (SSSR count). The van der Waals surface area contributed by atoms with E-state index in [1.807, 2.05) is 6.07 Å². The molecule has 1 aromatic rings. The largest absolute Gasteiger partial charge is 0.454 e. The van der Waals surface area contributed by atoms with Crippen molar-refractivity contribution in [3.63, 3.8) is 0 Å². The third kappa shape index (κ3) is 3.55. The van der Waals surface area contributed by atoms with E-state index in [0.717, 1.165) is 44.1 Å². The van der Waals surface area contributed by atoms with Crippen molar-refractivity contribution in [3.05, 3.63) is 35.6 Å². The molecule has 0 spiro atoms. The van der Waals surface area contributed by atoms with Gasteiger partial charge in [0, 0.05) is 6.92 Å². The van der Waals surface area contributed by atoms with E-state index in [-0.39, 0.29) is 11.8 Å². The Morgan fingerprint density at radius 2 is 1.79 bits per heavy atom. The van der Waals surface area contributed by atoms with Crippen LogP contribution in [0.1, 0.15) is 57.4 Å². The van der Waals surface area contributed by atoms with Gasteiger partial charge in [-0.25, -0.2) is 4.39 Å². The van der Waals surface area contributed by atoms with E-state index in [2.05, 4.69) is 0 Å². The molecule has 1 saturated carbocycles. The normalized spacial score (nSPS) is 19.3. The number of hydrogen-bond acceptors (Lipinski definition) is 2. The minimum atomic E-state index is -0.631. The Morgan fingerprint density at radius 1 is 1.16 bits per heavy atom. The van der Waals surface area contributed by atoms with E-state index in [9.17, 15) is 9.18 Å². The fourth-order valence-corrected chi connectivity index (χ4v) is 2.97. The smallest absolute Gasteiger partial charge is 0.303 e. The summed E-state index contributed by atoms with van der Waals surface area (Å²) in [5.74, 6) is -0.559. The number of hydrogen-bond donors (Lipinski definition) is 0. The van der Waals surface area contributed by atoms with Crippen LogP contribution in [0, 0.1) is 5.82 Å². The van der Waals surface area contributed by atoms with Gasteiger partial charge in [-0.1, -0.05) is 31.4 Å². The molecule has 0 heterocycles. The van der Waals surface area contributed by atoms with E-state index in [0.29, 0.717) is 0 Å². The monoisotopic (exact) mass is 264 g/mol. The minimum absolute atomic E-state index is 0.272. The molecule has 0 bridgehead atoms. The standard InChI is InChI=1S/C16H21FO2/c1-13(18)19-16(10-5-3-2-4-6-11-16)14-8-7-9-15(17)12-14/h7-9,12H,2-6,10-11H2,1H3. The van der Waals surface area contributed by atoms with Gasteiger partial charge in [-0.15, -0.1) is 0 Å². The molecule has 0 radical (unpaired) electrons. The fourth-order valence-electron chi connectivity index (χ4n) is 2.97. The van der Waals surface area contributed by atoms with Crippen molar-refractivity contribution >= 4 is 5.97 Å². The van der Waals surface area contributed by atoms with Gasteiger partial charge in [0.25, 0.3) is 0 Å². The fraction of sp³-hybridized carbons (Fsp3) is 0.562. The molecule has 1 aromatic carbocycles. The van der Waals surface area contributed by atoms with Gasteiger partial charge < -0.3 is 4.74 Å². The second-order valence-corrected chi connectivity index (χ2v) is 5.37. The Kier molecular flexibility index (Phi) is 4.56. The van der Waals surface area contributed by atoms with Crippen LogP contribution in [-0.4, -0.2) is 5.97 Å². The molecule has 0 saturated heterocycles. The third-order valence-corrected chi connectivity index (χ3v) is 3.85. The predicted molar refractivity (Wildman–Crippen MR) is 72.2 cm³/mol. The van der Waals surface area contributed by atoms with Crippen LogP contribution in [0.15, 0.2) is 24.3 Å². The van der Waals surface area contributed by atoms with Gasteiger partial charge in [0.2, 0.25) is 0 Å². The maximum absolute atomic E-state index is 13.5. The molecule has 1 aliphatic rings. The van der Waals surface area contributed by atoms with Crippen molar-refractivity contribution in [3.8, 4) is 0 Å². The van der Waals surface area contributed by atoms with Crippen LogP contribution >= 0.6 is 0 Å². The Hall–Kier alpha value is -1.38. The average molecular weight is 264 g/mol. The number of carbonyl (C=O) groups excluding carboxylic acids is 1. The molecule has 0 unspecified atom stereocenters. The quantitative estimate of drug-likeness (QED) is 0.743. The summed E-state index contributed by atoms with van der Waals surface area (Å²) in [7, 11) is 0. The van der Waals surface area contributed by atoms with Crippen LogP contribution in [0.3, 0.4) is 0 Å². The first-order valence-corrected chi connectivity index (χ1v) is 7.08. The first-order valence-electron chi connectivity index (χ1n) is 7.08. The van der Waals surface area contributed by atoms with Crippen molar-refractivity contribution < 1.29 is 13.9 Å². The molecule has 0 N–H and O–H groups in total. The van der Waals surface area contributed by atoms with Crippen molar-refractivity contribution in [2.45, 2.75) is 57.5 Å². The predicted octanol–water partition coefficient (Wildman–Crippen LogP) is 4.33. The highest BCUT2D eigenvalue weighted by atomic mass is 19.1. The molecular weight excluding hydrogens is 243 g/mol. The van der Waals surface area contributed by atoms with Gasteiger partial charge in [-0.05, 0) is 43.4 Å². The molecule has 1 aliphatic carbocycles. The second kappa shape index (κ2) is 6.18. The zero-order chi connectivity index (χ0) is 13.7. The lowest BCUT2D eigenvalue weighted by atomic mass is 9.81. The molecule has 0 atom stereocenters. The first-order chi connectivity index (χ1) is 9.12. The highest BCUT2D eigenvalue weighted by Crippen LogP contribution is 2.39. The Morgan fingerprint density at radius 3 is 2.37 bits per heavy atom. The van der Waals surface area contributed by atoms with Crippen LogP contribution in [0.2, 0.25) is 0 Å². The summed E-state index contributed by atoms with van der Waals surface area (Å²) in [5, 5.41) is 0. The molecule has 19 heavy (non-hydrogen) atoms. The van der Waals surface area contributed by atoms with E-state index in [1.54, 1.807) is 6.07 Å². The number of ether oxygens (including phenoxy) is 1. The molecule has 1 fully saturated rings. The van der Waals surface area contributed by atoms with Crippen LogP contribution in [0.5, 0.6) is 0 Å². The minimum Gasteiger partial charge on any atom is -0.454 e. The Bertz CT molecular complexity index is 434. The summed E-state index contributed by atoms with van der Waals surface area (Å²) >= 11 is 0. The number of rotatable bonds is 2. The van der Waals surface area contributed by atoms with Gasteiger partial charge in [0.15, 0.2) is 0 Å². The Labute approximate surface area is 114 Å². The number of benzene rings is 1. The number of halogens is 1. The van der Waals surface area contributed by atoms with Gasteiger partial charge >= 0.3 is 5.97 Å². The highest BCUT2D eigenvalue weighted by molar-refractivity contribution is 5.66. The lowest BCUT2D eigenvalue weighted by Crippen LogP contribution is -2.32. The van der Waals surface area contributed by atoms with Crippen molar-refractivity contribution in [1.82, 2.24) is 0 Å². The summed E-state index contributed by atoms with van der Waals surface area (Å²) in [6.07, 6.45) is 7.15. The zero-order valence-corrected chi connectivity index (χ0v) is 11.5. The van der Waals surface area contributed by atoms with Crippen molar-refractivity contribution in [2.75, 3.05) is 0 Å². The number of carbonyl (C=O) groups is 1. The Balaban J connectivity index is 2.33. The molecule has 0 aliphatic heterocycles. The zero-order valence-electron chi connectivity index (χ0n) is 11.5. The molecular formula is C16H21FO2. The van der Waals surface area contributed by atoms with Crippen LogP contribution < -0.4 is 0 Å². The van der Waals surface area contributed by atoms with Gasteiger partial charge in [0.05, 0.1) is 0 Å². The summed E-state index contributed by atoms with van der Waals surface area (Å²) in [4.78, 5) is 11.5. The molecule has 0 aromatic heterocycles. The van der Waals surface area contributed by atoms with E-state index >= 15 is 0 Å². The van der Waals surface area contributed by atoms with Crippen LogP contribution in [0.25, 0.3) is 0 Å². The van der Waals surface area contributed by atoms with Crippen LogP contribution in [-0.2, 0) is 15.1 Å². The summed E-state index contributed by atoms with van der Waals surface area (Å²) in [6.45, 7) is 1.43. The van der Waals surface area contributed by atoms with Crippen LogP contribution in [0.4, 0.5) is 4.39 Å². The van der Waals surface area contributed by atoms with Gasteiger partial charge in [-0.3, -0.25) is 4.79 Å². The lowest BCUT2D eigenvalue weighted by Gasteiger charge is -2.35. The topological polar surface area (TPSA) is 26.3 Å². The first kappa shape index (κ1) is 14.0. The highest BCUT2D eigenvalue weighted by Gasteiger charge is 2.35. The lowest BCUT2D eigenvalue weighted by molar-refractivity contribution is -0.161. The van der Waals surface area contributed by atoms with Crippen molar-refractivity contribution in [1.29, 1.82) is 0 Å². The van der Waals surface area contributed by atoms with E-state index < -0.39 is 5.60 Å². The third-order valence-electron chi connectivity index (χ3n) is 3.85. The van der Waals surface area contributed by atoms with E-state index in [4.69, 9.17) is 4.74 Å². The maximum atomic E-state index is 13.5. The van der Waals surface area contributed by atoms with Gasteiger partial charge in [-0.2, -0.15) is 0 Å². The number of esters is 1. The summed E-state index contributed by atoms with van der Waals surface area (Å²) in [5.41, 5.74) is 0.165. The second-order valence-electron chi connectivity index (χ2n) is 5.37. The maximum Gasteiger partial charge on any atom is 0.303 e. The molecule has 2 nitrogen and oxygen atoms in total. The SMILES string of the molecule is CC(=O)OC1(c2cccc(F)c2)CCCCCCC1. The molecule has 104 valence electrons. The summed E-state index contributed by atoms with van der Waals surface area (Å²) < 4.78 is 19.1. The molecule has 3 heteroatoms. The van der Waals surface area contributed by atoms with E-state index in [1.165, 1.54) is 25.5 Å². The average Bonchev–Trinajstić information content (AvgIpc) is 2.32. The molecule has 0 amide bonds. The summed E-state index contributed by atoms with van der Waals surface area (Å²) in [6, 6.07) is 6.49.